The van der Waals surface area contributed by atoms with Crippen molar-refractivity contribution in [1.29, 1.82) is 0 Å². The maximum atomic E-state index is 11.0. The molecule has 1 rings (SSSR count). The van der Waals surface area contributed by atoms with Crippen LogP contribution in [-0.2, 0) is 5.75 Å². The Hall–Kier alpha value is -1.16. The minimum Gasteiger partial charge on any atom is -0.478 e. The topological polar surface area (TPSA) is 63.3 Å². The fourth-order valence-corrected chi connectivity index (χ4v) is 2.01. The Morgan fingerprint density at radius 3 is 2.73 bits per heavy atom. The molecule has 0 aliphatic heterocycles. The summed E-state index contributed by atoms with van der Waals surface area (Å²) in [6, 6.07) is 5.22. The Balaban J connectivity index is 2.96. The first-order valence-corrected chi connectivity index (χ1v) is 5.79. The molecule has 0 aliphatic carbocycles. The summed E-state index contributed by atoms with van der Waals surface area (Å²) in [5.74, 6) is -0.267. The van der Waals surface area contributed by atoms with Gasteiger partial charge in [0.2, 0.25) is 0 Å². The van der Waals surface area contributed by atoms with Gasteiger partial charge < -0.3 is 10.8 Å². The van der Waals surface area contributed by atoms with Gasteiger partial charge in [-0.2, -0.15) is 11.8 Å². The Bertz CT molecular complexity index is 364. The fraction of sp³-hybridized carbons (Fsp3) is 0.364. The number of carboxylic acid groups (broad SMARTS) is 1. The molecule has 0 saturated carbocycles. The Morgan fingerprint density at radius 2 is 2.20 bits per heavy atom. The Labute approximate surface area is 93.7 Å². The molecule has 0 spiro atoms. The molecule has 1 aromatic carbocycles. The van der Waals surface area contributed by atoms with E-state index in [9.17, 15) is 4.79 Å². The van der Waals surface area contributed by atoms with Crippen molar-refractivity contribution in [2.24, 2.45) is 0 Å². The van der Waals surface area contributed by atoms with E-state index in [4.69, 9.17) is 10.8 Å². The summed E-state index contributed by atoms with van der Waals surface area (Å²) in [4.78, 5) is 11.0. The van der Waals surface area contributed by atoms with Crippen LogP contribution >= 0.6 is 11.8 Å². The van der Waals surface area contributed by atoms with E-state index in [1.807, 2.05) is 6.07 Å². The van der Waals surface area contributed by atoms with Gasteiger partial charge in [0.05, 0.1) is 5.56 Å². The van der Waals surface area contributed by atoms with Crippen LogP contribution in [0.5, 0.6) is 0 Å². The molecule has 1 aromatic rings. The minimum atomic E-state index is -0.951. The van der Waals surface area contributed by atoms with Crippen molar-refractivity contribution in [3.63, 3.8) is 0 Å². The molecule has 0 radical (unpaired) electrons. The van der Waals surface area contributed by atoms with Crippen LogP contribution in [0.15, 0.2) is 18.2 Å². The zero-order valence-electron chi connectivity index (χ0n) is 8.86. The SMILES string of the molecule is CC(C)SCc1cccc(N)c1C(=O)O. The maximum absolute atomic E-state index is 11.0. The number of hydrogen-bond donors (Lipinski definition) is 2. The lowest BCUT2D eigenvalue weighted by Crippen LogP contribution is -2.06. The van der Waals surface area contributed by atoms with Gasteiger partial charge in [-0.3, -0.25) is 0 Å². The zero-order chi connectivity index (χ0) is 11.4. The van der Waals surface area contributed by atoms with Crippen molar-refractivity contribution in [2.75, 3.05) is 5.73 Å². The second kappa shape index (κ2) is 5.07. The largest absolute Gasteiger partial charge is 0.478 e. The van der Waals surface area contributed by atoms with E-state index in [-0.39, 0.29) is 5.56 Å². The van der Waals surface area contributed by atoms with Crippen LogP contribution in [-0.4, -0.2) is 16.3 Å². The quantitative estimate of drug-likeness (QED) is 0.773. The Kier molecular flexibility index (Phi) is 4.03. The molecule has 0 bridgehead atoms. The molecule has 3 N–H and O–H groups in total. The number of nitrogens with two attached hydrogens (primary N) is 1. The third-order valence-corrected chi connectivity index (χ3v) is 3.11. The summed E-state index contributed by atoms with van der Waals surface area (Å²) in [5, 5.41) is 9.50. The van der Waals surface area contributed by atoms with E-state index in [1.165, 1.54) is 0 Å². The summed E-state index contributed by atoms with van der Waals surface area (Å²) in [6.45, 7) is 4.16. The number of hydrogen-bond acceptors (Lipinski definition) is 3. The molecular formula is C11H15NO2S. The number of benzene rings is 1. The van der Waals surface area contributed by atoms with E-state index in [0.29, 0.717) is 16.7 Å². The van der Waals surface area contributed by atoms with E-state index in [1.54, 1.807) is 23.9 Å². The van der Waals surface area contributed by atoms with Crippen LogP contribution in [0.1, 0.15) is 29.8 Å². The number of nitrogen functional groups attached to an aromatic ring is 1. The molecular weight excluding hydrogens is 210 g/mol. The van der Waals surface area contributed by atoms with Gasteiger partial charge in [0.15, 0.2) is 0 Å². The van der Waals surface area contributed by atoms with Crippen LogP contribution in [0.4, 0.5) is 5.69 Å². The fourth-order valence-electron chi connectivity index (χ4n) is 1.26. The lowest BCUT2D eigenvalue weighted by molar-refractivity contribution is 0.0697. The number of carboxylic acids is 1. The van der Waals surface area contributed by atoms with Crippen LogP contribution < -0.4 is 5.73 Å². The molecule has 15 heavy (non-hydrogen) atoms. The highest BCUT2D eigenvalue weighted by molar-refractivity contribution is 7.99. The second-order valence-corrected chi connectivity index (χ2v) is 5.11. The van der Waals surface area contributed by atoms with Gasteiger partial charge in [-0.15, -0.1) is 0 Å². The number of thioether (sulfide) groups is 1. The second-order valence-electron chi connectivity index (χ2n) is 3.55. The highest BCUT2D eigenvalue weighted by atomic mass is 32.2. The highest BCUT2D eigenvalue weighted by Crippen LogP contribution is 2.23. The summed E-state index contributed by atoms with van der Waals surface area (Å²) in [6.07, 6.45) is 0. The number of carbonyl (C=O) groups is 1. The van der Waals surface area contributed by atoms with Crippen molar-refractivity contribution in [3.8, 4) is 0 Å². The van der Waals surface area contributed by atoms with Crippen molar-refractivity contribution >= 4 is 23.4 Å². The van der Waals surface area contributed by atoms with Crippen molar-refractivity contribution in [3.05, 3.63) is 29.3 Å². The van der Waals surface area contributed by atoms with Gasteiger partial charge in [0.25, 0.3) is 0 Å². The van der Waals surface area contributed by atoms with Gasteiger partial charge in [0.1, 0.15) is 0 Å². The molecule has 82 valence electrons. The molecule has 0 aromatic heterocycles. The first-order valence-electron chi connectivity index (χ1n) is 4.74. The van der Waals surface area contributed by atoms with Crippen LogP contribution in [0.25, 0.3) is 0 Å². The first-order chi connectivity index (χ1) is 7.02. The van der Waals surface area contributed by atoms with Gasteiger partial charge >= 0.3 is 5.97 Å². The average Bonchev–Trinajstić information content (AvgIpc) is 2.13. The highest BCUT2D eigenvalue weighted by Gasteiger charge is 2.13. The van der Waals surface area contributed by atoms with Gasteiger partial charge in [-0.25, -0.2) is 4.79 Å². The van der Waals surface area contributed by atoms with E-state index in [0.717, 1.165) is 5.56 Å². The molecule has 0 saturated heterocycles. The monoisotopic (exact) mass is 225 g/mol. The minimum absolute atomic E-state index is 0.241. The third kappa shape index (κ3) is 3.16. The molecule has 0 atom stereocenters. The average molecular weight is 225 g/mol. The predicted molar refractivity (Wildman–Crippen MR) is 64.2 cm³/mol. The molecule has 4 heteroatoms. The molecule has 0 unspecified atom stereocenters. The molecule has 0 amide bonds. The lowest BCUT2D eigenvalue weighted by atomic mass is 10.1. The van der Waals surface area contributed by atoms with Crippen molar-refractivity contribution in [1.82, 2.24) is 0 Å². The molecule has 0 aliphatic rings. The lowest BCUT2D eigenvalue weighted by Gasteiger charge is -2.09. The van der Waals surface area contributed by atoms with E-state index in [2.05, 4.69) is 13.8 Å². The zero-order valence-corrected chi connectivity index (χ0v) is 9.67. The molecule has 3 nitrogen and oxygen atoms in total. The van der Waals surface area contributed by atoms with Gasteiger partial charge in [-0.1, -0.05) is 26.0 Å². The van der Waals surface area contributed by atoms with Gasteiger partial charge in [0, 0.05) is 11.4 Å². The van der Waals surface area contributed by atoms with Crippen LogP contribution in [0.3, 0.4) is 0 Å². The third-order valence-electron chi connectivity index (χ3n) is 1.97. The normalized spacial score (nSPS) is 10.6. The van der Waals surface area contributed by atoms with E-state index < -0.39 is 5.97 Å². The van der Waals surface area contributed by atoms with Gasteiger partial charge in [-0.05, 0) is 16.9 Å². The summed E-state index contributed by atoms with van der Waals surface area (Å²) in [7, 11) is 0. The molecule has 0 fully saturated rings. The predicted octanol–water partition coefficient (Wildman–Crippen LogP) is 2.61. The summed E-state index contributed by atoms with van der Waals surface area (Å²) in [5.41, 5.74) is 7.01. The van der Waals surface area contributed by atoms with Crippen molar-refractivity contribution < 1.29 is 9.90 Å². The molecule has 0 heterocycles. The number of aromatic carboxylic acids is 1. The number of rotatable bonds is 4. The van der Waals surface area contributed by atoms with Crippen molar-refractivity contribution in [2.45, 2.75) is 24.9 Å². The van der Waals surface area contributed by atoms with E-state index >= 15 is 0 Å². The standard InChI is InChI=1S/C11H15NO2S/c1-7(2)15-6-8-4-3-5-9(12)10(8)11(13)14/h3-5,7H,6,12H2,1-2H3,(H,13,14). The number of anilines is 1. The van der Waals surface area contributed by atoms with Crippen LogP contribution in [0.2, 0.25) is 0 Å². The maximum Gasteiger partial charge on any atom is 0.338 e. The van der Waals surface area contributed by atoms with Crippen LogP contribution in [0, 0.1) is 0 Å². The first kappa shape index (κ1) is 11.9. The summed E-state index contributed by atoms with van der Waals surface area (Å²) >= 11 is 1.71. The summed E-state index contributed by atoms with van der Waals surface area (Å²) < 4.78 is 0. The Morgan fingerprint density at radius 1 is 1.53 bits per heavy atom. The smallest absolute Gasteiger partial charge is 0.338 e.